The fraction of sp³-hybridized carbons (Fsp3) is 0.217. The Hall–Kier alpha value is -3.21. The second-order valence-corrected chi connectivity index (χ2v) is 6.80. The summed E-state index contributed by atoms with van der Waals surface area (Å²) in [5, 5.41) is 3.11. The molecule has 1 heterocycles. The molecule has 5 heteroatoms. The lowest BCUT2D eigenvalue weighted by atomic mass is 9.79. The Morgan fingerprint density at radius 2 is 1.57 bits per heavy atom. The number of hydrogen-bond acceptors (Lipinski definition) is 4. The van der Waals surface area contributed by atoms with Crippen LogP contribution in [0.25, 0.3) is 0 Å². The minimum atomic E-state index is -0.609. The lowest BCUT2D eigenvalue weighted by Crippen LogP contribution is -2.31. The van der Waals surface area contributed by atoms with Crippen molar-refractivity contribution >= 4 is 11.8 Å². The van der Waals surface area contributed by atoms with Crippen LogP contribution in [0.15, 0.2) is 77.1 Å². The standard InChI is InChI=1S/C23H22FNO3/c1-14-20(16(3)26)22(18-9-11-19(24)12-10-18)21(15(2)25-14)23(27)28-13-17-7-5-4-6-8-17/h4-12,22,25H,13H2,1-3H3/t22-/m0/s1. The van der Waals surface area contributed by atoms with Gasteiger partial charge in [-0.3, -0.25) is 4.79 Å². The number of Topliss-reactive ketones (excluding diaryl/α,β-unsaturated/α-hetero) is 1. The van der Waals surface area contributed by atoms with Gasteiger partial charge in [-0.15, -0.1) is 0 Å². The third-order valence-electron chi connectivity index (χ3n) is 4.78. The second-order valence-electron chi connectivity index (χ2n) is 6.80. The van der Waals surface area contributed by atoms with E-state index in [2.05, 4.69) is 5.32 Å². The fourth-order valence-electron chi connectivity index (χ4n) is 3.52. The number of carbonyl (C=O) groups excluding carboxylic acids is 2. The summed E-state index contributed by atoms with van der Waals surface area (Å²) in [6.45, 7) is 5.16. The first-order chi connectivity index (χ1) is 13.4. The van der Waals surface area contributed by atoms with Crippen LogP contribution in [0.5, 0.6) is 0 Å². The first-order valence-electron chi connectivity index (χ1n) is 9.04. The quantitative estimate of drug-likeness (QED) is 0.783. The van der Waals surface area contributed by atoms with Gasteiger partial charge in [0, 0.05) is 22.9 Å². The van der Waals surface area contributed by atoms with Crippen LogP contribution in [-0.4, -0.2) is 11.8 Å². The summed E-state index contributed by atoms with van der Waals surface area (Å²) in [4.78, 5) is 25.3. The molecule has 1 N–H and O–H groups in total. The summed E-state index contributed by atoms with van der Waals surface area (Å²) in [5.74, 6) is -1.64. The maximum absolute atomic E-state index is 13.4. The van der Waals surface area contributed by atoms with Crippen molar-refractivity contribution in [2.45, 2.75) is 33.3 Å². The van der Waals surface area contributed by atoms with Gasteiger partial charge in [0.05, 0.1) is 5.57 Å². The average Bonchev–Trinajstić information content (AvgIpc) is 2.66. The van der Waals surface area contributed by atoms with Crippen molar-refractivity contribution in [3.05, 3.63) is 94.1 Å². The van der Waals surface area contributed by atoms with Crippen molar-refractivity contribution in [1.82, 2.24) is 5.32 Å². The highest BCUT2D eigenvalue weighted by Gasteiger charge is 2.35. The summed E-state index contributed by atoms with van der Waals surface area (Å²) in [5.41, 5.74) is 3.67. The number of allylic oxidation sites excluding steroid dienone is 3. The molecular formula is C23H22FNO3. The van der Waals surface area contributed by atoms with E-state index in [1.54, 1.807) is 26.0 Å². The molecule has 0 amide bonds. The lowest BCUT2D eigenvalue weighted by Gasteiger charge is -2.30. The molecule has 1 aliphatic heterocycles. The van der Waals surface area contributed by atoms with Crippen molar-refractivity contribution in [3.63, 3.8) is 0 Å². The van der Waals surface area contributed by atoms with Crippen LogP contribution in [0.4, 0.5) is 4.39 Å². The smallest absolute Gasteiger partial charge is 0.337 e. The first-order valence-corrected chi connectivity index (χ1v) is 9.04. The number of nitrogens with one attached hydrogen (secondary N) is 1. The van der Waals surface area contributed by atoms with Gasteiger partial charge >= 0.3 is 5.97 Å². The van der Waals surface area contributed by atoms with E-state index < -0.39 is 11.9 Å². The topological polar surface area (TPSA) is 55.4 Å². The van der Waals surface area contributed by atoms with Gasteiger partial charge in [-0.1, -0.05) is 42.5 Å². The SMILES string of the molecule is CC(=O)C1=C(C)NC(C)=C(C(=O)OCc2ccccc2)[C@H]1c1ccc(F)cc1. The Bertz CT molecular complexity index is 959. The van der Waals surface area contributed by atoms with Gasteiger partial charge in [0.2, 0.25) is 0 Å². The van der Waals surface area contributed by atoms with Gasteiger partial charge in [-0.25, -0.2) is 9.18 Å². The highest BCUT2D eigenvalue weighted by molar-refractivity contribution is 6.02. The number of ketones is 1. The van der Waals surface area contributed by atoms with Crippen LogP contribution in [0.3, 0.4) is 0 Å². The highest BCUT2D eigenvalue weighted by atomic mass is 19.1. The van der Waals surface area contributed by atoms with Crippen molar-refractivity contribution in [3.8, 4) is 0 Å². The molecule has 0 spiro atoms. The molecule has 0 aromatic heterocycles. The number of hydrogen-bond donors (Lipinski definition) is 1. The predicted molar refractivity (Wildman–Crippen MR) is 105 cm³/mol. The van der Waals surface area contributed by atoms with E-state index in [1.165, 1.54) is 19.1 Å². The Kier molecular flexibility index (Phi) is 5.73. The van der Waals surface area contributed by atoms with Crippen molar-refractivity contribution in [2.75, 3.05) is 0 Å². The number of esters is 1. The normalized spacial score (nSPS) is 16.6. The predicted octanol–water partition coefficient (Wildman–Crippen LogP) is 4.39. The summed E-state index contributed by atoms with van der Waals surface area (Å²) in [6.07, 6.45) is 0. The van der Waals surface area contributed by atoms with E-state index in [9.17, 15) is 14.0 Å². The van der Waals surface area contributed by atoms with Crippen LogP contribution >= 0.6 is 0 Å². The van der Waals surface area contributed by atoms with Gasteiger partial charge in [0.1, 0.15) is 12.4 Å². The molecule has 2 aromatic rings. The Morgan fingerprint density at radius 3 is 2.18 bits per heavy atom. The van der Waals surface area contributed by atoms with E-state index in [1.807, 2.05) is 30.3 Å². The third kappa shape index (κ3) is 4.03. The summed E-state index contributed by atoms with van der Waals surface area (Å²) in [6, 6.07) is 15.2. The molecule has 1 aliphatic rings. The number of halogens is 1. The minimum absolute atomic E-state index is 0.130. The van der Waals surface area contributed by atoms with Gasteiger partial charge in [-0.2, -0.15) is 0 Å². The molecular weight excluding hydrogens is 357 g/mol. The third-order valence-corrected chi connectivity index (χ3v) is 4.78. The molecule has 0 saturated carbocycles. The molecule has 4 nitrogen and oxygen atoms in total. The van der Waals surface area contributed by atoms with Crippen molar-refractivity contribution in [2.24, 2.45) is 0 Å². The molecule has 2 aromatic carbocycles. The van der Waals surface area contributed by atoms with E-state index in [0.29, 0.717) is 28.1 Å². The average molecular weight is 379 g/mol. The highest BCUT2D eigenvalue weighted by Crippen LogP contribution is 2.39. The monoisotopic (exact) mass is 379 g/mol. The maximum Gasteiger partial charge on any atom is 0.337 e. The Morgan fingerprint density at radius 1 is 0.964 bits per heavy atom. The van der Waals surface area contributed by atoms with E-state index >= 15 is 0 Å². The molecule has 0 fully saturated rings. The number of rotatable bonds is 5. The number of benzene rings is 2. The summed E-state index contributed by atoms with van der Waals surface area (Å²) < 4.78 is 19.0. The maximum atomic E-state index is 13.4. The molecule has 1 atom stereocenters. The zero-order valence-electron chi connectivity index (χ0n) is 16.1. The fourth-order valence-corrected chi connectivity index (χ4v) is 3.52. The van der Waals surface area contributed by atoms with E-state index in [-0.39, 0.29) is 18.2 Å². The van der Waals surface area contributed by atoms with Crippen molar-refractivity contribution in [1.29, 1.82) is 0 Å². The number of dihydropyridines is 1. The molecule has 3 rings (SSSR count). The van der Waals surface area contributed by atoms with Gasteiger partial charge in [0.25, 0.3) is 0 Å². The molecule has 144 valence electrons. The molecule has 0 radical (unpaired) electrons. The van der Waals surface area contributed by atoms with Crippen LogP contribution in [0, 0.1) is 5.82 Å². The van der Waals surface area contributed by atoms with Gasteiger partial charge in [0.15, 0.2) is 5.78 Å². The number of carbonyl (C=O) groups is 2. The molecule has 0 saturated heterocycles. The zero-order valence-corrected chi connectivity index (χ0v) is 16.1. The summed E-state index contributed by atoms with van der Waals surface area (Å²) >= 11 is 0. The molecule has 0 bridgehead atoms. The lowest BCUT2D eigenvalue weighted by molar-refractivity contribution is -0.140. The first kappa shape index (κ1) is 19.5. The second kappa shape index (κ2) is 8.21. The summed E-state index contributed by atoms with van der Waals surface area (Å²) in [7, 11) is 0. The Balaban J connectivity index is 1.98. The molecule has 0 aliphatic carbocycles. The Labute approximate surface area is 163 Å². The number of ether oxygens (including phenoxy) is 1. The van der Waals surface area contributed by atoms with Gasteiger partial charge in [-0.05, 0) is 44.0 Å². The van der Waals surface area contributed by atoms with E-state index in [4.69, 9.17) is 4.74 Å². The largest absolute Gasteiger partial charge is 0.457 e. The van der Waals surface area contributed by atoms with Crippen molar-refractivity contribution < 1.29 is 18.7 Å². The van der Waals surface area contributed by atoms with Crippen LogP contribution in [0.2, 0.25) is 0 Å². The molecule has 0 unspecified atom stereocenters. The van der Waals surface area contributed by atoms with E-state index in [0.717, 1.165) is 5.56 Å². The van der Waals surface area contributed by atoms with Gasteiger partial charge < -0.3 is 10.1 Å². The minimum Gasteiger partial charge on any atom is -0.457 e. The van der Waals surface area contributed by atoms with Crippen LogP contribution < -0.4 is 5.32 Å². The van der Waals surface area contributed by atoms with Crippen LogP contribution in [0.1, 0.15) is 37.8 Å². The molecule has 28 heavy (non-hydrogen) atoms. The van der Waals surface area contributed by atoms with Crippen LogP contribution in [-0.2, 0) is 20.9 Å². The zero-order chi connectivity index (χ0) is 20.3.